The van der Waals surface area contributed by atoms with Gasteiger partial charge in [0.1, 0.15) is 0 Å². The molecule has 3 rings (SSSR count). The summed E-state index contributed by atoms with van der Waals surface area (Å²) in [5.41, 5.74) is 4.89. The second-order valence-electron chi connectivity index (χ2n) is 5.35. The van der Waals surface area contributed by atoms with Crippen LogP contribution in [0.1, 0.15) is 27.0 Å². The molecule has 0 unspecified atom stereocenters. The number of hydrogen-bond acceptors (Lipinski definition) is 2. The number of amides is 1. The van der Waals surface area contributed by atoms with Gasteiger partial charge >= 0.3 is 0 Å². The molecule has 0 spiro atoms. The van der Waals surface area contributed by atoms with Crippen LogP contribution in [0.15, 0.2) is 36.4 Å². The van der Waals surface area contributed by atoms with Gasteiger partial charge in [-0.3, -0.25) is 4.79 Å². The maximum Gasteiger partial charge on any atom is 0.255 e. The average Bonchev–Trinajstić information content (AvgIpc) is 2.49. The Balaban J connectivity index is 1.82. The molecule has 0 fully saturated rings. The zero-order valence-corrected chi connectivity index (χ0v) is 12.6. The topological polar surface area (TPSA) is 41.1 Å². The molecule has 0 radical (unpaired) electrons. The van der Waals surface area contributed by atoms with E-state index in [1.807, 2.05) is 43.3 Å². The molecular formula is C17H17ClN2O. The van der Waals surface area contributed by atoms with Crippen LogP contribution in [0.4, 0.5) is 5.69 Å². The third-order valence-electron chi connectivity index (χ3n) is 3.73. The highest BCUT2D eigenvalue weighted by Crippen LogP contribution is 2.24. The molecule has 2 N–H and O–H groups in total. The van der Waals surface area contributed by atoms with E-state index in [0.29, 0.717) is 16.3 Å². The maximum atomic E-state index is 12.3. The first-order valence-electron chi connectivity index (χ1n) is 7.03. The van der Waals surface area contributed by atoms with Crippen LogP contribution in [-0.2, 0) is 13.0 Å². The Labute approximate surface area is 129 Å². The van der Waals surface area contributed by atoms with Crippen molar-refractivity contribution in [1.82, 2.24) is 5.32 Å². The van der Waals surface area contributed by atoms with Crippen LogP contribution in [0, 0.1) is 6.92 Å². The van der Waals surface area contributed by atoms with Crippen LogP contribution in [0.25, 0.3) is 0 Å². The van der Waals surface area contributed by atoms with Crippen molar-refractivity contribution >= 4 is 23.2 Å². The van der Waals surface area contributed by atoms with Crippen molar-refractivity contribution in [2.24, 2.45) is 0 Å². The molecule has 21 heavy (non-hydrogen) atoms. The monoisotopic (exact) mass is 300 g/mol. The van der Waals surface area contributed by atoms with Gasteiger partial charge in [-0.25, -0.2) is 0 Å². The van der Waals surface area contributed by atoms with Crippen molar-refractivity contribution < 1.29 is 4.79 Å². The van der Waals surface area contributed by atoms with Crippen LogP contribution in [0.3, 0.4) is 0 Å². The summed E-state index contributed by atoms with van der Waals surface area (Å²) in [7, 11) is 0. The number of benzene rings is 2. The third-order valence-corrected chi connectivity index (χ3v) is 4.04. The fourth-order valence-electron chi connectivity index (χ4n) is 2.54. The zero-order chi connectivity index (χ0) is 14.8. The molecule has 0 aromatic heterocycles. The molecular weight excluding hydrogens is 284 g/mol. The van der Waals surface area contributed by atoms with Crippen LogP contribution in [0.2, 0.25) is 5.02 Å². The number of nitrogens with one attached hydrogen (secondary N) is 2. The number of aryl methyl sites for hydroxylation is 1. The van der Waals surface area contributed by atoms with Gasteiger partial charge in [0, 0.05) is 12.1 Å². The van der Waals surface area contributed by atoms with Gasteiger partial charge in [0.2, 0.25) is 0 Å². The van der Waals surface area contributed by atoms with Crippen LogP contribution in [0.5, 0.6) is 0 Å². The Morgan fingerprint density at radius 2 is 2.05 bits per heavy atom. The summed E-state index contributed by atoms with van der Waals surface area (Å²) >= 11 is 6.15. The van der Waals surface area contributed by atoms with E-state index >= 15 is 0 Å². The van der Waals surface area contributed by atoms with E-state index in [4.69, 9.17) is 11.6 Å². The molecule has 2 aromatic carbocycles. The molecule has 0 atom stereocenters. The molecule has 0 bridgehead atoms. The lowest BCUT2D eigenvalue weighted by molar-refractivity contribution is 0.102. The first kappa shape index (κ1) is 14.1. The van der Waals surface area contributed by atoms with Gasteiger partial charge in [-0.15, -0.1) is 0 Å². The Morgan fingerprint density at radius 3 is 2.86 bits per heavy atom. The largest absolute Gasteiger partial charge is 0.321 e. The molecule has 0 saturated heterocycles. The van der Waals surface area contributed by atoms with Crippen LogP contribution < -0.4 is 10.6 Å². The standard InChI is InChI=1S/C17H17ClN2O/c1-11-2-5-16(15(18)8-11)20-17(21)13-4-3-12-6-7-19-10-14(12)9-13/h2-5,8-9,19H,6-7,10H2,1H3,(H,20,21). The van der Waals surface area contributed by atoms with Gasteiger partial charge < -0.3 is 10.6 Å². The van der Waals surface area contributed by atoms with E-state index in [0.717, 1.165) is 25.1 Å². The van der Waals surface area contributed by atoms with Gasteiger partial charge in [-0.1, -0.05) is 23.7 Å². The molecule has 108 valence electrons. The van der Waals surface area contributed by atoms with Gasteiger partial charge in [0.25, 0.3) is 5.91 Å². The van der Waals surface area contributed by atoms with E-state index in [1.54, 1.807) is 0 Å². The molecule has 3 nitrogen and oxygen atoms in total. The molecule has 1 amide bonds. The number of halogens is 1. The molecule has 0 aliphatic carbocycles. The molecule has 0 saturated carbocycles. The van der Waals surface area contributed by atoms with E-state index in [9.17, 15) is 4.79 Å². The summed E-state index contributed by atoms with van der Waals surface area (Å²) in [6, 6.07) is 11.5. The number of anilines is 1. The molecule has 1 aliphatic rings. The SMILES string of the molecule is Cc1ccc(NC(=O)c2ccc3c(c2)CNCC3)c(Cl)c1. The highest BCUT2D eigenvalue weighted by atomic mass is 35.5. The lowest BCUT2D eigenvalue weighted by Gasteiger charge is -2.17. The highest BCUT2D eigenvalue weighted by molar-refractivity contribution is 6.34. The van der Waals surface area contributed by atoms with Crippen molar-refractivity contribution in [2.45, 2.75) is 19.9 Å². The van der Waals surface area contributed by atoms with Crippen LogP contribution >= 0.6 is 11.6 Å². The van der Waals surface area contributed by atoms with Crippen molar-refractivity contribution in [3.8, 4) is 0 Å². The summed E-state index contributed by atoms with van der Waals surface area (Å²) in [5.74, 6) is -0.130. The number of fused-ring (bicyclic) bond motifs is 1. The number of rotatable bonds is 2. The Kier molecular flexibility index (Phi) is 3.95. The minimum Gasteiger partial charge on any atom is -0.321 e. The van der Waals surface area contributed by atoms with Crippen molar-refractivity contribution in [2.75, 3.05) is 11.9 Å². The first-order chi connectivity index (χ1) is 10.1. The Bertz CT molecular complexity index is 697. The van der Waals surface area contributed by atoms with E-state index < -0.39 is 0 Å². The first-order valence-corrected chi connectivity index (χ1v) is 7.41. The summed E-state index contributed by atoms with van der Waals surface area (Å²) in [6.07, 6.45) is 1.01. The fourth-order valence-corrected chi connectivity index (χ4v) is 2.82. The number of carbonyl (C=O) groups excluding carboxylic acids is 1. The third kappa shape index (κ3) is 3.09. The second kappa shape index (κ2) is 5.88. The lowest BCUT2D eigenvalue weighted by Crippen LogP contribution is -2.24. The Hall–Kier alpha value is -1.84. The maximum absolute atomic E-state index is 12.3. The minimum absolute atomic E-state index is 0.130. The summed E-state index contributed by atoms with van der Waals surface area (Å²) in [6.45, 7) is 3.78. The van der Waals surface area contributed by atoms with E-state index in [2.05, 4.69) is 10.6 Å². The van der Waals surface area contributed by atoms with Crippen molar-refractivity contribution in [3.05, 3.63) is 63.7 Å². The van der Waals surface area contributed by atoms with Crippen molar-refractivity contribution in [3.63, 3.8) is 0 Å². The lowest BCUT2D eigenvalue weighted by atomic mass is 9.98. The van der Waals surface area contributed by atoms with Crippen LogP contribution in [-0.4, -0.2) is 12.5 Å². The molecule has 4 heteroatoms. The summed E-state index contributed by atoms with van der Waals surface area (Å²) < 4.78 is 0. The average molecular weight is 301 g/mol. The van der Waals surface area contributed by atoms with Gasteiger partial charge in [-0.05, 0) is 60.8 Å². The molecule has 1 heterocycles. The predicted octanol–water partition coefficient (Wildman–Crippen LogP) is 3.55. The van der Waals surface area contributed by atoms with E-state index in [-0.39, 0.29) is 5.91 Å². The van der Waals surface area contributed by atoms with Gasteiger partial charge in [0.05, 0.1) is 10.7 Å². The number of carbonyl (C=O) groups is 1. The van der Waals surface area contributed by atoms with E-state index in [1.165, 1.54) is 11.1 Å². The summed E-state index contributed by atoms with van der Waals surface area (Å²) in [5, 5.41) is 6.75. The van der Waals surface area contributed by atoms with Gasteiger partial charge in [-0.2, -0.15) is 0 Å². The van der Waals surface area contributed by atoms with Gasteiger partial charge in [0.15, 0.2) is 0 Å². The zero-order valence-electron chi connectivity index (χ0n) is 11.9. The predicted molar refractivity (Wildman–Crippen MR) is 86.0 cm³/mol. The normalized spacial score (nSPS) is 13.6. The highest BCUT2D eigenvalue weighted by Gasteiger charge is 2.13. The summed E-state index contributed by atoms with van der Waals surface area (Å²) in [4.78, 5) is 12.3. The number of hydrogen-bond donors (Lipinski definition) is 2. The quantitative estimate of drug-likeness (QED) is 0.890. The molecule has 1 aliphatic heterocycles. The fraction of sp³-hybridized carbons (Fsp3) is 0.235. The van der Waals surface area contributed by atoms with Crippen molar-refractivity contribution in [1.29, 1.82) is 0 Å². The smallest absolute Gasteiger partial charge is 0.255 e. The minimum atomic E-state index is -0.130. The Morgan fingerprint density at radius 1 is 1.19 bits per heavy atom. The second-order valence-corrected chi connectivity index (χ2v) is 5.75. The molecule has 2 aromatic rings.